The molecule has 2 unspecified atom stereocenters. The minimum atomic E-state index is -1.79. The van der Waals surface area contributed by atoms with Crippen molar-refractivity contribution < 1.29 is 15.6 Å². The smallest absolute Gasteiger partial charge is 0.0654 e. The zero-order chi connectivity index (χ0) is 34.5. The predicted octanol–water partition coefficient (Wildman–Crippen LogP) is 12.8. The number of unbranched alkanes of at least 4 members (excludes halogenated alkanes) is 20. The van der Waals surface area contributed by atoms with Crippen LogP contribution in [-0.2, 0) is 15.6 Å². The van der Waals surface area contributed by atoms with Crippen LogP contribution in [-0.4, -0.2) is 45.9 Å². The molecule has 0 spiro atoms. The molecule has 0 fully saturated rings. The van der Waals surface area contributed by atoms with Gasteiger partial charge in [0.1, 0.15) is 0 Å². The van der Waals surface area contributed by atoms with Crippen molar-refractivity contribution in [3.05, 3.63) is 24.3 Å². The molecule has 0 aliphatic heterocycles. The molecule has 0 heterocycles. The number of rotatable bonds is 36. The molecule has 0 amide bonds. The standard InChI is InChI=1S/2C20H38O2S.Sb/c2*1-2-3-4-5-6-7-8-9-10-11-12-13-14-15-16-19(17-18-23)20(21)22;/h2*9-10,19,23H,2-8,11-18H2,1H3,(H,21,22);/q;;+2/p-2/b2*10-9-;. The first-order valence-corrected chi connectivity index (χ1v) is 23.1. The molecule has 4 nitrogen and oxygen atoms in total. The summed E-state index contributed by atoms with van der Waals surface area (Å²) < 4.78 is 11.1. The zero-order valence-corrected chi connectivity index (χ0v) is 35.0. The Morgan fingerprint density at radius 1 is 0.468 bits per heavy atom. The van der Waals surface area contributed by atoms with Gasteiger partial charge in [-0.3, -0.25) is 0 Å². The van der Waals surface area contributed by atoms with E-state index in [1.54, 1.807) is 0 Å². The van der Waals surface area contributed by atoms with Crippen LogP contribution in [0.4, 0.5) is 0 Å². The molecule has 0 N–H and O–H groups in total. The number of hydrogen-bond donors (Lipinski definition) is 2. The monoisotopic (exact) mass is 803 g/mol. The van der Waals surface area contributed by atoms with Crippen LogP contribution in [0, 0.1) is 11.8 Å². The molecule has 0 aromatic heterocycles. The topological polar surface area (TPSA) is 52.6 Å². The summed E-state index contributed by atoms with van der Waals surface area (Å²) in [5, 5.41) is 0. The van der Waals surface area contributed by atoms with Gasteiger partial charge in [-0.15, -0.1) is 0 Å². The van der Waals surface area contributed by atoms with E-state index in [0.29, 0.717) is 24.3 Å². The number of hydrogen-bond acceptors (Lipinski definition) is 6. The molecule has 0 aromatic rings. The molecular formula is C40H74O4S2Sb. The van der Waals surface area contributed by atoms with Crippen LogP contribution >= 0.6 is 25.3 Å². The Balaban J connectivity index is 4.01. The van der Waals surface area contributed by atoms with Crippen molar-refractivity contribution in [1.29, 1.82) is 0 Å². The van der Waals surface area contributed by atoms with E-state index < -0.39 is 22.5 Å². The molecule has 1 radical (unpaired) electrons. The van der Waals surface area contributed by atoms with E-state index in [-0.39, 0.29) is 23.8 Å². The summed E-state index contributed by atoms with van der Waals surface area (Å²) in [7, 11) is 0. The van der Waals surface area contributed by atoms with Crippen molar-refractivity contribution in [2.75, 3.05) is 11.5 Å². The average molecular weight is 805 g/mol. The molecule has 0 bridgehead atoms. The summed E-state index contributed by atoms with van der Waals surface area (Å²) in [4.78, 5) is 25.5. The summed E-state index contributed by atoms with van der Waals surface area (Å²) >= 11 is 6.94. The first kappa shape index (κ1) is 46.9. The second kappa shape index (κ2) is 38.7. The van der Waals surface area contributed by atoms with Crippen molar-refractivity contribution >= 4 is 59.7 Å². The van der Waals surface area contributed by atoms with Gasteiger partial charge in [-0.2, -0.15) is 0 Å². The van der Waals surface area contributed by atoms with E-state index >= 15 is 0 Å². The first-order valence-electron chi connectivity index (χ1n) is 19.7. The Morgan fingerprint density at radius 3 is 1.09 bits per heavy atom. The number of thiol groups is 2. The molecular weight excluding hydrogens is 730 g/mol. The van der Waals surface area contributed by atoms with Gasteiger partial charge in [-0.05, 0) is 12.8 Å². The van der Waals surface area contributed by atoms with Crippen molar-refractivity contribution in [3.63, 3.8) is 0 Å². The second-order valence-corrected chi connectivity index (χ2v) is 15.7. The fourth-order valence-electron chi connectivity index (χ4n) is 5.88. The quantitative estimate of drug-likeness (QED) is 0.0287. The molecule has 47 heavy (non-hydrogen) atoms. The van der Waals surface area contributed by atoms with Crippen molar-refractivity contribution in [2.24, 2.45) is 11.8 Å². The van der Waals surface area contributed by atoms with Crippen molar-refractivity contribution in [2.45, 2.75) is 194 Å². The van der Waals surface area contributed by atoms with Crippen LogP contribution in [0.1, 0.15) is 194 Å². The molecule has 275 valence electrons. The van der Waals surface area contributed by atoms with Gasteiger partial charge < -0.3 is 0 Å². The van der Waals surface area contributed by atoms with Gasteiger partial charge in [0.15, 0.2) is 0 Å². The molecule has 0 saturated heterocycles. The van der Waals surface area contributed by atoms with Crippen LogP contribution in [0.5, 0.6) is 0 Å². The minimum absolute atomic E-state index is 0.141. The van der Waals surface area contributed by atoms with E-state index in [0.717, 1.165) is 51.4 Å². The van der Waals surface area contributed by atoms with E-state index in [1.807, 2.05) is 0 Å². The Bertz CT molecular complexity index is 686. The molecule has 0 aromatic carbocycles. The van der Waals surface area contributed by atoms with Crippen LogP contribution < -0.4 is 0 Å². The normalized spacial score (nSPS) is 13.0. The van der Waals surface area contributed by atoms with E-state index in [9.17, 15) is 9.59 Å². The van der Waals surface area contributed by atoms with E-state index in [4.69, 9.17) is 6.03 Å². The summed E-state index contributed by atoms with van der Waals surface area (Å²) in [5.41, 5.74) is 0. The van der Waals surface area contributed by atoms with Crippen LogP contribution in [0.15, 0.2) is 24.3 Å². The average Bonchev–Trinajstić information content (AvgIpc) is 3.07. The second-order valence-electron chi connectivity index (χ2n) is 13.4. The summed E-state index contributed by atoms with van der Waals surface area (Å²) in [6.45, 7) is 4.53. The summed E-state index contributed by atoms with van der Waals surface area (Å²) in [5.74, 6) is 0.632. The third-order valence-corrected chi connectivity index (χ3v) is 11.0. The number of allylic oxidation sites excluding steroid dienone is 4. The maximum absolute atomic E-state index is 12.8. The summed E-state index contributed by atoms with van der Waals surface area (Å²) in [6.07, 6.45) is 42.6. The minimum Gasteiger partial charge on any atom is -0.0654 e. The van der Waals surface area contributed by atoms with E-state index in [2.05, 4.69) is 63.4 Å². The van der Waals surface area contributed by atoms with Crippen molar-refractivity contribution in [1.82, 2.24) is 0 Å². The Morgan fingerprint density at radius 2 is 0.766 bits per heavy atom. The van der Waals surface area contributed by atoms with Gasteiger partial charge in [-0.25, -0.2) is 0 Å². The fraction of sp³-hybridized carbons (Fsp3) is 0.850. The third-order valence-electron chi connectivity index (χ3n) is 9.01. The van der Waals surface area contributed by atoms with Crippen molar-refractivity contribution in [3.8, 4) is 0 Å². The Kier molecular flexibility index (Phi) is 38.7. The Hall–Kier alpha value is -0.0618. The molecule has 0 aliphatic carbocycles. The van der Waals surface area contributed by atoms with Gasteiger partial charge in [0.2, 0.25) is 0 Å². The van der Waals surface area contributed by atoms with Gasteiger partial charge in [0.05, 0.1) is 0 Å². The van der Waals surface area contributed by atoms with Gasteiger partial charge in [0.25, 0.3) is 0 Å². The van der Waals surface area contributed by atoms with Gasteiger partial charge in [0, 0.05) is 0 Å². The van der Waals surface area contributed by atoms with Crippen LogP contribution in [0.25, 0.3) is 0 Å². The van der Waals surface area contributed by atoms with Crippen LogP contribution in [0.3, 0.4) is 0 Å². The molecule has 0 saturated carbocycles. The Labute approximate surface area is 314 Å². The zero-order valence-electron chi connectivity index (χ0n) is 30.7. The van der Waals surface area contributed by atoms with Gasteiger partial charge in [-0.1, -0.05) is 78.1 Å². The predicted molar refractivity (Wildman–Crippen MR) is 212 cm³/mol. The van der Waals surface area contributed by atoms with Crippen LogP contribution in [0.2, 0.25) is 0 Å². The number of carbonyl (C=O) groups is 2. The fourth-order valence-corrected chi connectivity index (χ4v) is 7.88. The molecule has 0 rings (SSSR count). The van der Waals surface area contributed by atoms with Gasteiger partial charge >= 0.3 is 226 Å². The maximum atomic E-state index is 12.8. The summed E-state index contributed by atoms with van der Waals surface area (Å²) in [6, 6.07) is 0. The molecule has 2 atom stereocenters. The molecule has 0 aliphatic rings. The third kappa shape index (κ3) is 32.9. The SMILES string of the molecule is CCCCCCCC/C=C\CCCCCCC(CCS)C(=O)[O][Sb][O]C(=O)C(CCS)CCCCCC/C=C\CCCCCCCC. The molecule has 7 heteroatoms. The van der Waals surface area contributed by atoms with E-state index in [1.165, 1.54) is 116 Å². The first-order chi connectivity index (χ1) is 23.1. The number of carbonyl (C=O) groups excluding carboxylic acids is 2.